The summed E-state index contributed by atoms with van der Waals surface area (Å²) in [6.45, 7) is 8.11. The fraction of sp³-hybridized carbons (Fsp3) is 0.391. The molecule has 0 saturated carbocycles. The molecule has 1 N–H and O–H groups in total. The highest BCUT2D eigenvalue weighted by Crippen LogP contribution is 2.14. The summed E-state index contributed by atoms with van der Waals surface area (Å²) in [7, 11) is 0. The van der Waals surface area contributed by atoms with Crippen LogP contribution in [0.3, 0.4) is 0 Å². The minimum atomic E-state index is -0.517. The third-order valence-corrected chi connectivity index (χ3v) is 4.50. The zero-order valence-corrected chi connectivity index (χ0v) is 16.7. The van der Waals surface area contributed by atoms with Gasteiger partial charge in [-0.15, -0.1) is 0 Å². The Kier molecular flexibility index (Phi) is 7.59. The topological polar surface area (TPSA) is 49.4 Å². The van der Waals surface area contributed by atoms with E-state index in [9.17, 15) is 9.59 Å². The largest absolute Gasteiger partial charge is 0.352 e. The van der Waals surface area contributed by atoms with E-state index in [1.165, 1.54) is 0 Å². The lowest BCUT2D eigenvalue weighted by molar-refractivity contribution is -0.140. The molecule has 27 heavy (non-hydrogen) atoms. The van der Waals surface area contributed by atoms with Gasteiger partial charge in [0, 0.05) is 19.0 Å². The van der Waals surface area contributed by atoms with Crippen LogP contribution < -0.4 is 5.32 Å². The van der Waals surface area contributed by atoms with E-state index in [4.69, 9.17) is 0 Å². The summed E-state index contributed by atoms with van der Waals surface area (Å²) in [5, 5.41) is 2.92. The molecule has 0 aromatic heterocycles. The number of rotatable bonds is 8. The molecule has 0 aliphatic carbocycles. The predicted octanol–water partition coefficient (Wildman–Crippen LogP) is 3.87. The van der Waals surface area contributed by atoms with Gasteiger partial charge in [-0.1, -0.05) is 60.2 Å². The lowest BCUT2D eigenvalue weighted by Gasteiger charge is -2.29. The van der Waals surface area contributed by atoms with E-state index < -0.39 is 6.04 Å². The van der Waals surface area contributed by atoms with E-state index >= 15 is 0 Å². The monoisotopic (exact) mass is 366 g/mol. The standard InChI is InChI=1S/C23H30N2O2/c1-17(2)24-23(27)19(4)25(16-21-12-8-9-18(3)15-21)22(26)14-13-20-10-6-5-7-11-20/h5-12,15,17,19H,13-14,16H2,1-4H3,(H,24,27). The van der Waals surface area contributed by atoms with E-state index in [0.29, 0.717) is 19.4 Å². The first-order valence-electron chi connectivity index (χ1n) is 9.56. The average molecular weight is 367 g/mol. The van der Waals surface area contributed by atoms with Gasteiger partial charge in [0.25, 0.3) is 0 Å². The molecule has 1 unspecified atom stereocenters. The van der Waals surface area contributed by atoms with Gasteiger partial charge in [-0.3, -0.25) is 9.59 Å². The molecule has 2 aromatic rings. The Bertz CT molecular complexity index is 756. The zero-order valence-electron chi connectivity index (χ0n) is 16.7. The van der Waals surface area contributed by atoms with Crippen LogP contribution in [0, 0.1) is 6.92 Å². The molecule has 0 bridgehead atoms. The first-order valence-corrected chi connectivity index (χ1v) is 9.56. The highest BCUT2D eigenvalue weighted by Gasteiger charge is 2.26. The van der Waals surface area contributed by atoms with Crippen LogP contribution in [-0.4, -0.2) is 28.8 Å². The molecule has 1 atom stereocenters. The van der Waals surface area contributed by atoms with Gasteiger partial charge in [-0.2, -0.15) is 0 Å². The summed E-state index contributed by atoms with van der Waals surface area (Å²) < 4.78 is 0. The number of nitrogens with zero attached hydrogens (tertiary/aromatic N) is 1. The van der Waals surface area contributed by atoms with Gasteiger partial charge in [-0.25, -0.2) is 0 Å². The number of hydrogen-bond acceptors (Lipinski definition) is 2. The maximum Gasteiger partial charge on any atom is 0.242 e. The summed E-state index contributed by atoms with van der Waals surface area (Å²) in [6.07, 6.45) is 1.05. The SMILES string of the molecule is Cc1cccc(CN(C(=O)CCc2ccccc2)C(C)C(=O)NC(C)C)c1. The quantitative estimate of drug-likeness (QED) is 0.771. The van der Waals surface area contributed by atoms with E-state index in [-0.39, 0.29) is 17.9 Å². The van der Waals surface area contributed by atoms with E-state index in [1.54, 1.807) is 11.8 Å². The van der Waals surface area contributed by atoms with Crippen molar-refractivity contribution in [3.63, 3.8) is 0 Å². The Labute approximate surface area is 162 Å². The van der Waals surface area contributed by atoms with Crippen molar-refractivity contribution >= 4 is 11.8 Å². The van der Waals surface area contributed by atoms with Crippen molar-refractivity contribution in [1.82, 2.24) is 10.2 Å². The van der Waals surface area contributed by atoms with Crippen molar-refractivity contribution in [2.75, 3.05) is 0 Å². The maximum atomic E-state index is 13.0. The summed E-state index contributed by atoms with van der Waals surface area (Å²) >= 11 is 0. The Morgan fingerprint density at radius 1 is 0.963 bits per heavy atom. The van der Waals surface area contributed by atoms with Crippen LogP contribution in [0.1, 0.15) is 43.9 Å². The summed E-state index contributed by atoms with van der Waals surface area (Å²) in [6, 6.07) is 17.6. The second kappa shape index (κ2) is 9.91. The van der Waals surface area contributed by atoms with Gasteiger partial charge >= 0.3 is 0 Å². The number of carbonyl (C=O) groups excluding carboxylic acids is 2. The molecule has 2 rings (SSSR count). The van der Waals surface area contributed by atoms with Crippen LogP contribution in [0.15, 0.2) is 54.6 Å². The molecule has 4 heteroatoms. The van der Waals surface area contributed by atoms with Crippen molar-refractivity contribution < 1.29 is 9.59 Å². The molecule has 2 aromatic carbocycles. The van der Waals surface area contributed by atoms with Crippen molar-refractivity contribution in [2.24, 2.45) is 0 Å². The smallest absolute Gasteiger partial charge is 0.242 e. The second-order valence-electron chi connectivity index (χ2n) is 7.34. The van der Waals surface area contributed by atoms with Crippen molar-refractivity contribution in [3.05, 3.63) is 71.3 Å². The van der Waals surface area contributed by atoms with Crippen molar-refractivity contribution in [3.8, 4) is 0 Å². The number of amides is 2. The average Bonchev–Trinajstić information content (AvgIpc) is 2.64. The second-order valence-corrected chi connectivity index (χ2v) is 7.34. The Morgan fingerprint density at radius 2 is 1.63 bits per heavy atom. The molecule has 0 aliphatic heterocycles. The van der Waals surface area contributed by atoms with E-state index in [0.717, 1.165) is 16.7 Å². The molecule has 144 valence electrons. The van der Waals surface area contributed by atoms with Crippen LogP contribution in [0.4, 0.5) is 0 Å². The molecule has 0 saturated heterocycles. The fourth-order valence-electron chi connectivity index (χ4n) is 3.03. The van der Waals surface area contributed by atoms with Crippen LogP contribution in [-0.2, 0) is 22.6 Å². The van der Waals surface area contributed by atoms with Gasteiger partial charge in [0.1, 0.15) is 6.04 Å². The molecule has 0 spiro atoms. The van der Waals surface area contributed by atoms with Crippen molar-refractivity contribution in [1.29, 1.82) is 0 Å². The molecule has 0 aliphatic rings. The van der Waals surface area contributed by atoms with Crippen molar-refractivity contribution in [2.45, 2.75) is 59.2 Å². The number of nitrogens with one attached hydrogen (secondary N) is 1. The minimum absolute atomic E-state index is 0.00762. The molecular formula is C23H30N2O2. The number of carbonyl (C=O) groups is 2. The lowest BCUT2D eigenvalue weighted by atomic mass is 10.1. The predicted molar refractivity (Wildman–Crippen MR) is 109 cm³/mol. The highest BCUT2D eigenvalue weighted by molar-refractivity contribution is 5.87. The number of benzene rings is 2. The summed E-state index contributed by atoms with van der Waals surface area (Å²) in [4.78, 5) is 27.2. The van der Waals surface area contributed by atoms with Crippen LogP contribution in [0.5, 0.6) is 0 Å². The molecule has 0 fully saturated rings. The zero-order chi connectivity index (χ0) is 19.8. The molecule has 0 heterocycles. The highest BCUT2D eigenvalue weighted by atomic mass is 16.2. The minimum Gasteiger partial charge on any atom is -0.352 e. The Morgan fingerprint density at radius 3 is 2.26 bits per heavy atom. The third-order valence-electron chi connectivity index (χ3n) is 4.50. The van der Waals surface area contributed by atoms with Crippen LogP contribution in [0.25, 0.3) is 0 Å². The van der Waals surface area contributed by atoms with Crippen LogP contribution in [0.2, 0.25) is 0 Å². The van der Waals surface area contributed by atoms with Crippen LogP contribution >= 0.6 is 0 Å². The molecule has 4 nitrogen and oxygen atoms in total. The van der Waals surface area contributed by atoms with E-state index in [2.05, 4.69) is 11.4 Å². The number of hydrogen-bond donors (Lipinski definition) is 1. The van der Waals surface area contributed by atoms with E-state index in [1.807, 2.05) is 69.3 Å². The Balaban J connectivity index is 2.14. The first-order chi connectivity index (χ1) is 12.9. The Hall–Kier alpha value is -2.62. The summed E-state index contributed by atoms with van der Waals surface area (Å²) in [5.74, 6) is -0.127. The van der Waals surface area contributed by atoms with Gasteiger partial charge in [0.05, 0.1) is 0 Å². The molecule has 0 radical (unpaired) electrons. The molecular weight excluding hydrogens is 336 g/mol. The fourth-order valence-corrected chi connectivity index (χ4v) is 3.03. The normalized spacial score (nSPS) is 11.9. The number of aryl methyl sites for hydroxylation is 2. The first kappa shape index (κ1) is 20.7. The third kappa shape index (κ3) is 6.55. The van der Waals surface area contributed by atoms with Gasteiger partial charge in [0.15, 0.2) is 0 Å². The van der Waals surface area contributed by atoms with Gasteiger partial charge in [0.2, 0.25) is 11.8 Å². The molecule has 2 amide bonds. The summed E-state index contributed by atoms with van der Waals surface area (Å²) in [5.41, 5.74) is 3.30. The van der Waals surface area contributed by atoms with Gasteiger partial charge in [-0.05, 0) is 45.2 Å². The van der Waals surface area contributed by atoms with Gasteiger partial charge < -0.3 is 10.2 Å². The lowest BCUT2D eigenvalue weighted by Crippen LogP contribution is -2.49. The maximum absolute atomic E-state index is 13.0.